The zero-order valence-corrected chi connectivity index (χ0v) is 21.3. The van der Waals surface area contributed by atoms with Crippen molar-refractivity contribution in [1.82, 2.24) is 30.5 Å². The van der Waals surface area contributed by atoms with Crippen LogP contribution in [0, 0.1) is 11.8 Å². The number of carbonyl (C=O) groups is 1. The lowest BCUT2D eigenvalue weighted by atomic mass is 9.96. The molecule has 192 valence electrons. The molecule has 0 bridgehead atoms. The SMILES string of the molecule is CCNC(C)c1cnc(F)cc1-c1cccc2cc(-c3nc(NCCN4CCNC4=O)ncc3F)sc12. The molecule has 1 aliphatic rings. The van der Waals surface area contributed by atoms with Gasteiger partial charge >= 0.3 is 6.03 Å². The Kier molecular flexibility index (Phi) is 7.24. The van der Waals surface area contributed by atoms with Gasteiger partial charge in [-0.1, -0.05) is 25.1 Å². The number of benzene rings is 1. The summed E-state index contributed by atoms with van der Waals surface area (Å²) in [5, 5.41) is 10.1. The molecule has 1 atom stereocenters. The van der Waals surface area contributed by atoms with Gasteiger partial charge in [-0.05, 0) is 36.0 Å². The van der Waals surface area contributed by atoms with Crippen molar-refractivity contribution in [2.75, 3.05) is 38.0 Å². The topological polar surface area (TPSA) is 95.1 Å². The number of amides is 2. The minimum absolute atomic E-state index is 0.0256. The number of pyridine rings is 1. The second-order valence-electron chi connectivity index (χ2n) is 8.74. The lowest BCUT2D eigenvalue weighted by Crippen LogP contribution is -2.32. The molecule has 8 nitrogen and oxygen atoms in total. The van der Waals surface area contributed by atoms with Gasteiger partial charge in [-0.15, -0.1) is 11.3 Å². The molecule has 3 aromatic heterocycles. The molecule has 0 radical (unpaired) electrons. The molecule has 11 heteroatoms. The van der Waals surface area contributed by atoms with E-state index in [0.717, 1.165) is 39.5 Å². The smallest absolute Gasteiger partial charge is 0.317 e. The number of anilines is 1. The largest absolute Gasteiger partial charge is 0.352 e. The van der Waals surface area contributed by atoms with E-state index in [2.05, 4.69) is 30.9 Å². The van der Waals surface area contributed by atoms with E-state index < -0.39 is 11.8 Å². The highest BCUT2D eigenvalue weighted by Crippen LogP contribution is 2.41. The van der Waals surface area contributed by atoms with Crippen molar-refractivity contribution < 1.29 is 13.6 Å². The van der Waals surface area contributed by atoms with Crippen molar-refractivity contribution >= 4 is 33.4 Å². The predicted octanol–water partition coefficient (Wildman–Crippen LogP) is 4.81. The summed E-state index contributed by atoms with van der Waals surface area (Å²) in [6.07, 6.45) is 2.71. The van der Waals surface area contributed by atoms with E-state index in [1.807, 2.05) is 38.1 Å². The fourth-order valence-electron chi connectivity index (χ4n) is 4.48. The Hall–Kier alpha value is -3.70. The fourth-order valence-corrected chi connectivity index (χ4v) is 5.66. The van der Waals surface area contributed by atoms with Crippen LogP contribution in [0.5, 0.6) is 0 Å². The molecular weight excluding hydrogens is 496 g/mol. The maximum atomic E-state index is 14.9. The van der Waals surface area contributed by atoms with Crippen LogP contribution < -0.4 is 16.0 Å². The number of hydrogen-bond donors (Lipinski definition) is 3. The van der Waals surface area contributed by atoms with Gasteiger partial charge in [0.05, 0.1) is 11.1 Å². The summed E-state index contributed by atoms with van der Waals surface area (Å²) < 4.78 is 30.0. The van der Waals surface area contributed by atoms with Gasteiger partial charge in [0.25, 0.3) is 0 Å². The van der Waals surface area contributed by atoms with Gasteiger partial charge in [0.15, 0.2) is 5.82 Å². The van der Waals surface area contributed by atoms with E-state index in [-0.39, 0.29) is 23.7 Å². The quantitative estimate of drug-likeness (QED) is 0.273. The van der Waals surface area contributed by atoms with Gasteiger partial charge in [-0.2, -0.15) is 4.39 Å². The highest BCUT2D eigenvalue weighted by Gasteiger charge is 2.20. The summed E-state index contributed by atoms with van der Waals surface area (Å²) in [7, 11) is 0. The van der Waals surface area contributed by atoms with Gasteiger partial charge in [0, 0.05) is 54.7 Å². The lowest BCUT2D eigenvalue weighted by molar-refractivity contribution is 0.219. The Morgan fingerprint density at radius 3 is 2.84 bits per heavy atom. The normalized spacial score (nSPS) is 14.3. The molecule has 1 fully saturated rings. The summed E-state index contributed by atoms with van der Waals surface area (Å²) in [6.45, 7) is 7.01. The van der Waals surface area contributed by atoms with E-state index in [9.17, 15) is 13.6 Å². The van der Waals surface area contributed by atoms with Crippen molar-refractivity contribution in [3.8, 4) is 21.7 Å². The van der Waals surface area contributed by atoms with Gasteiger partial charge in [0.1, 0.15) is 5.69 Å². The number of thiophene rings is 1. The number of nitrogens with one attached hydrogen (secondary N) is 3. The minimum Gasteiger partial charge on any atom is -0.352 e. The fraction of sp³-hybridized carbons (Fsp3) is 0.308. The van der Waals surface area contributed by atoms with Crippen LogP contribution in [-0.4, -0.2) is 58.6 Å². The second-order valence-corrected chi connectivity index (χ2v) is 9.80. The van der Waals surface area contributed by atoms with Crippen LogP contribution in [0.3, 0.4) is 0 Å². The monoisotopic (exact) mass is 523 g/mol. The first-order chi connectivity index (χ1) is 17.9. The molecule has 0 spiro atoms. The Morgan fingerprint density at radius 2 is 2.05 bits per heavy atom. The zero-order valence-electron chi connectivity index (χ0n) is 20.5. The summed E-state index contributed by atoms with van der Waals surface area (Å²) >= 11 is 1.40. The summed E-state index contributed by atoms with van der Waals surface area (Å²) in [4.78, 5) is 26.4. The first-order valence-electron chi connectivity index (χ1n) is 12.2. The molecule has 1 aromatic carbocycles. The summed E-state index contributed by atoms with van der Waals surface area (Å²) in [5.41, 5.74) is 2.67. The highest BCUT2D eigenvalue weighted by atomic mass is 32.1. The predicted molar refractivity (Wildman–Crippen MR) is 142 cm³/mol. The van der Waals surface area contributed by atoms with Crippen molar-refractivity contribution in [3.63, 3.8) is 0 Å². The van der Waals surface area contributed by atoms with Crippen LogP contribution in [0.25, 0.3) is 31.8 Å². The van der Waals surface area contributed by atoms with Crippen LogP contribution in [-0.2, 0) is 0 Å². The molecule has 0 saturated carbocycles. The molecule has 1 aliphatic heterocycles. The molecule has 1 unspecified atom stereocenters. The van der Waals surface area contributed by atoms with Crippen molar-refractivity contribution in [3.05, 3.63) is 60.1 Å². The standard InChI is InChI=1S/C26H27F2N7OS/c1-3-29-15(2)19-13-32-22(28)12-18(19)17-6-4-5-16-11-21(37-24(16)17)23-20(27)14-33-25(34-23)30-7-9-35-10-8-31-26(35)36/h4-6,11-15,29H,3,7-10H2,1-2H3,(H,31,36)(H,30,33,34). The number of nitrogens with zero attached hydrogens (tertiary/aromatic N) is 4. The van der Waals surface area contributed by atoms with Crippen LogP contribution in [0.1, 0.15) is 25.5 Å². The minimum atomic E-state index is -0.555. The third-order valence-electron chi connectivity index (χ3n) is 6.30. The summed E-state index contributed by atoms with van der Waals surface area (Å²) in [6, 6.07) is 9.01. The second kappa shape index (κ2) is 10.7. The van der Waals surface area contributed by atoms with Gasteiger partial charge in [-0.3, -0.25) is 0 Å². The number of carbonyl (C=O) groups excluding carboxylic acids is 1. The van der Waals surface area contributed by atoms with E-state index in [0.29, 0.717) is 31.1 Å². The third-order valence-corrected chi connectivity index (χ3v) is 7.49. The van der Waals surface area contributed by atoms with Gasteiger partial charge < -0.3 is 20.9 Å². The van der Waals surface area contributed by atoms with Crippen LogP contribution >= 0.6 is 11.3 Å². The molecule has 4 heterocycles. The Morgan fingerprint density at radius 1 is 1.19 bits per heavy atom. The first kappa shape index (κ1) is 25.0. The molecule has 37 heavy (non-hydrogen) atoms. The lowest BCUT2D eigenvalue weighted by Gasteiger charge is -2.17. The van der Waals surface area contributed by atoms with E-state index in [1.54, 1.807) is 11.1 Å². The first-order valence-corrected chi connectivity index (χ1v) is 13.0. The average molecular weight is 524 g/mol. The van der Waals surface area contributed by atoms with Crippen LogP contribution in [0.2, 0.25) is 0 Å². The van der Waals surface area contributed by atoms with Crippen molar-refractivity contribution in [1.29, 1.82) is 0 Å². The van der Waals surface area contributed by atoms with Crippen LogP contribution in [0.15, 0.2) is 42.7 Å². The van der Waals surface area contributed by atoms with E-state index >= 15 is 0 Å². The maximum absolute atomic E-state index is 14.9. The highest BCUT2D eigenvalue weighted by molar-refractivity contribution is 7.22. The number of urea groups is 1. The Balaban J connectivity index is 1.47. The molecule has 5 rings (SSSR count). The molecule has 4 aromatic rings. The zero-order chi connectivity index (χ0) is 25.9. The van der Waals surface area contributed by atoms with Crippen molar-refractivity contribution in [2.24, 2.45) is 0 Å². The van der Waals surface area contributed by atoms with Crippen molar-refractivity contribution in [2.45, 2.75) is 19.9 Å². The molecule has 1 saturated heterocycles. The molecular formula is C26H27F2N7OS. The van der Waals surface area contributed by atoms with Crippen LogP contribution in [0.4, 0.5) is 19.5 Å². The summed E-state index contributed by atoms with van der Waals surface area (Å²) in [5.74, 6) is -0.805. The maximum Gasteiger partial charge on any atom is 0.317 e. The third kappa shape index (κ3) is 5.23. The number of rotatable bonds is 9. The average Bonchev–Trinajstić information content (AvgIpc) is 3.51. The Labute approximate surface area is 217 Å². The molecule has 2 amide bonds. The number of aromatic nitrogens is 3. The number of halogens is 2. The van der Waals surface area contributed by atoms with E-state index in [1.165, 1.54) is 17.4 Å². The molecule has 3 N–H and O–H groups in total. The van der Waals surface area contributed by atoms with Gasteiger partial charge in [-0.25, -0.2) is 24.1 Å². The molecule has 0 aliphatic carbocycles. The Bertz CT molecular complexity index is 1440. The number of fused-ring (bicyclic) bond motifs is 1. The number of hydrogen-bond acceptors (Lipinski definition) is 7. The van der Waals surface area contributed by atoms with E-state index in [4.69, 9.17) is 0 Å². The van der Waals surface area contributed by atoms with Gasteiger partial charge in [0.2, 0.25) is 11.9 Å².